The number of H-pyrrole nitrogens is 1. The second-order valence-corrected chi connectivity index (χ2v) is 9.04. The molecule has 3 aromatic rings. The molecular weight excluding hydrogens is 462 g/mol. The smallest absolute Gasteiger partial charge is 0.321 e. The van der Waals surface area contributed by atoms with E-state index in [4.69, 9.17) is 4.74 Å². The maximum Gasteiger partial charge on any atom is 0.321 e. The number of alkyl halides is 2. The summed E-state index contributed by atoms with van der Waals surface area (Å²) in [6.45, 7) is 2.32. The van der Waals surface area contributed by atoms with Gasteiger partial charge in [0.15, 0.2) is 5.65 Å². The van der Waals surface area contributed by atoms with E-state index in [1.54, 1.807) is 13.1 Å². The second kappa shape index (κ2) is 9.29. The summed E-state index contributed by atoms with van der Waals surface area (Å²) in [6.07, 6.45) is 3.02. The Hall–Kier alpha value is -3.48. The Morgan fingerprint density at radius 1 is 1.34 bits per heavy atom. The fourth-order valence-corrected chi connectivity index (χ4v) is 4.15. The molecule has 5 rings (SSSR count). The van der Waals surface area contributed by atoms with Crippen LogP contribution in [0.3, 0.4) is 0 Å². The molecule has 1 saturated carbocycles. The molecule has 1 aliphatic heterocycles. The first kappa shape index (κ1) is 23.3. The third-order valence-electron chi connectivity index (χ3n) is 6.36. The zero-order valence-corrected chi connectivity index (χ0v) is 19.1. The topological polar surface area (TPSA) is 142 Å². The van der Waals surface area contributed by atoms with Crippen molar-refractivity contribution in [3.8, 4) is 6.01 Å². The van der Waals surface area contributed by atoms with E-state index < -0.39 is 23.8 Å². The van der Waals surface area contributed by atoms with Crippen molar-refractivity contribution in [1.82, 2.24) is 35.5 Å². The number of fused-ring (bicyclic) bond motifs is 1. The lowest BCUT2D eigenvalue weighted by atomic mass is 9.92. The predicted molar refractivity (Wildman–Crippen MR) is 120 cm³/mol. The normalized spacial score (nSPS) is 20.6. The first-order valence-corrected chi connectivity index (χ1v) is 11.6. The van der Waals surface area contributed by atoms with E-state index in [-0.39, 0.29) is 43.3 Å². The average molecular weight is 488 g/mol. The molecule has 1 unspecified atom stereocenters. The van der Waals surface area contributed by atoms with Gasteiger partial charge in [0.2, 0.25) is 11.8 Å². The molecule has 0 aromatic carbocycles. The Morgan fingerprint density at radius 2 is 2.11 bits per heavy atom. The van der Waals surface area contributed by atoms with E-state index in [0.29, 0.717) is 13.1 Å². The largest absolute Gasteiger partial charge is 0.463 e. The van der Waals surface area contributed by atoms with Crippen LogP contribution >= 0.6 is 0 Å². The minimum Gasteiger partial charge on any atom is -0.463 e. The number of pyridine rings is 1. The van der Waals surface area contributed by atoms with Crippen LogP contribution in [0.15, 0.2) is 18.3 Å². The fourth-order valence-electron chi connectivity index (χ4n) is 4.15. The summed E-state index contributed by atoms with van der Waals surface area (Å²) in [5, 5.41) is 20.2. The lowest BCUT2D eigenvalue weighted by Gasteiger charge is -2.31. The molecule has 2 fully saturated rings. The number of carbonyl (C=O) groups is 1. The molecule has 2 aliphatic rings. The highest BCUT2D eigenvalue weighted by Crippen LogP contribution is 2.48. The lowest BCUT2D eigenvalue weighted by molar-refractivity contribution is 0.0833. The van der Waals surface area contributed by atoms with Gasteiger partial charge in [-0.3, -0.25) is 9.89 Å². The molecule has 3 aromatic heterocycles. The van der Waals surface area contributed by atoms with Crippen LogP contribution in [0, 0.1) is 5.92 Å². The van der Waals surface area contributed by atoms with Crippen LogP contribution in [0.1, 0.15) is 48.4 Å². The minimum absolute atomic E-state index is 0.175. The van der Waals surface area contributed by atoms with Gasteiger partial charge in [-0.05, 0) is 31.9 Å². The molecular formula is C22H26F2N8O3. The molecule has 11 nitrogen and oxygen atoms in total. The monoisotopic (exact) mass is 488 g/mol. The van der Waals surface area contributed by atoms with Gasteiger partial charge in [-0.25, -0.2) is 13.8 Å². The van der Waals surface area contributed by atoms with E-state index in [0.717, 1.165) is 29.6 Å². The Kier molecular flexibility index (Phi) is 6.17. The van der Waals surface area contributed by atoms with Gasteiger partial charge in [0.25, 0.3) is 11.8 Å². The fraction of sp³-hybridized carbons (Fsp3) is 0.545. The summed E-state index contributed by atoms with van der Waals surface area (Å²) in [7, 11) is 0. The van der Waals surface area contributed by atoms with Gasteiger partial charge in [-0.2, -0.15) is 20.1 Å². The van der Waals surface area contributed by atoms with E-state index in [1.807, 2.05) is 17.0 Å². The van der Waals surface area contributed by atoms with E-state index in [2.05, 4.69) is 35.5 Å². The Bertz CT molecular complexity index is 1210. The number of aromatic amines is 1. The molecule has 3 N–H and O–H groups in total. The highest BCUT2D eigenvalue weighted by Gasteiger charge is 2.57. The van der Waals surface area contributed by atoms with Gasteiger partial charge in [-0.15, -0.1) is 0 Å². The number of nitrogens with one attached hydrogen (secondary N) is 2. The molecule has 2 atom stereocenters. The van der Waals surface area contributed by atoms with Crippen molar-refractivity contribution < 1.29 is 23.4 Å². The molecule has 13 heteroatoms. The molecule has 1 amide bonds. The second-order valence-electron chi connectivity index (χ2n) is 9.04. The van der Waals surface area contributed by atoms with Gasteiger partial charge in [-0.1, -0.05) is 0 Å². The van der Waals surface area contributed by atoms with Crippen LogP contribution in [-0.2, 0) is 0 Å². The number of carbonyl (C=O) groups excluding carboxylic acids is 1. The van der Waals surface area contributed by atoms with Crippen molar-refractivity contribution in [2.75, 3.05) is 31.2 Å². The van der Waals surface area contributed by atoms with Crippen molar-refractivity contribution in [1.29, 1.82) is 0 Å². The number of piperidine rings is 1. The van der Waals surface area contributed by atoms with E-state index >= 15 is 0 Å². The van der Waals surface area contributed by atoms with Crippen molar-refractivity contribution in [2.45, 2.75) is 44.1 Å². The summed E-state index contributed by atoms with van der Waals surface area (Å²) < 4.78 is 32.0. The highest BCUT2D eigenvalue weighted by molar-refractivity contribution is 5.91. The molecule has 1 aliphatic carbocycles. The third kappa shape index (κ3) is 4.99. The molecule has 35 heavy (non-hydrogen) atoms. The van der Waals surface area contributed by atoms with Crippen LogP contribution in [0.25, 0.3) is 11.0 Å². The van der Waals surface area contributed by atoms with Gasteiger partial charge in [0, 0.05) is 43.1 Å². The first-order valence-electron chi connectivity index (χ1n) is 11.6. The van der Waals surface area contributed by atoms with Gasteiger partial charge in [0.1, 0.15) is 6.61 Å². The van der Waals surface area contributed by atoms with Gasteiger partial charge in [0.05, 0.1) is 18.2 Å². The molecule has 4 heterocycles. The summed E-state index contributed by atoms with van der Waals surface area (Å²) in [5.41, 5.74) is 1.72. The molecule has 0 spiro atoms. The van der Waals surface area contributed by atoms with Crippen LogP contribution in [-0.4, -0.2) is 79.4 Å². The number of nitrogens with zero attached hydrogens (tertiary/aromatic N) is 6. The lowest BCUT2D eigenvalue weighted by Crippen LogP contribution is -2.38. The number of aliphatic hydroxyl groups excluding tert-OH is 1. The minimum atomic E-state index is -2.74. The molecule has 186 valence electrons. The standard InChI is InChI=1S/C22H26F2N8O3/c1-12(10-33)26-19(34)18-27-20(29-21(28-18)35-11-14-9-22(14,23)24)32-7-4-13(5-8-32)16-15-3-2-6-25-17(15)31-30-16/h2-3,6,12-14,33H,4-5,7-11H2,1H3,(H,26,34)(H,25,30,31)/t12-,14?/m1/s1. The van der Waals surface area contributed by atoms with Crippen LogP contribution < -0.4 is 15.0 Å². The zero-order valence-electron chi connectivity index (χ0n) is 19.1. The van der Waals surface area contributed by atoms with Crippen molar-refractivity contribution in [3.63, 3.8) is 0 Å². The zero-order chi connectivity index (χ0) is 24.6. The number of ether oxygens (including phenoxy) is 1. The summed E-state index contributed by atoms with van der Waals surface area (Å²) in [5.74, 6) is -3.97. The SMILES string of the molecule is C[C@H](CO)NC(=O)c1nc(OCC2CC2(F)F)nc(N2CCC(c3n[nH]c4ncccc34)CC2)n1. The Balaban J connectivity index is 1.32. The number of aromatic nitrogens is 6. The molecule has 0 bridgehead atoms. The van der Waals surface area contributed by atoms with Crippen molar-refractivity contribution >= 4 is 22.9 Å². The van der Waals surface area contributed by atoms with Crippen LogP contribution in [0.2, 0.25) is 0 Å². The summed E-state index contributed by atoms with van der Waals surface area (Å²) in [6, 6.07) is 3.19. The Morgan fingerprint density at radius 3 is 2.83 bits per heavy atom. The number of hydrogen-bond donors (Lipinski definition) is 3. The highest BCUT2D eigenvalue weighted by atomic mass is 19.3. The number of halogens is 2. The van der Waals surface area contributed by atoms with Crippen molar-refractivity contribution in [3.05, 3.63) is 29.8 Å². The number of aliphatic hydroxyl groups is 1. The summed E-state index contributed by atoms with van der Waals surface area (Å²) in [4.78, 5) is 31.4. The number of rotatable bonds is 8. The van der Waals surface area contributed by atoms with Crippen LogP contribution in [0.5, 0.6) is 6.01 Å². The maximum atomic E-state index is 13.3. The predicted octanol–water partition coefficient (Wildman–Crippen LogP) is 1.67. The Labute approximate surface area is 199 Å². The quantitative estimate of drug-likeness (QED) is 0.432. The van der Waals surface area contributed by atoms with Gasteiger partial charge < -0.3 is 20.1 Å². The average Bonchev–Trinajstić information content (AvgIpc) is 3.27. The van der Waals surface area contributed by atoms with Crippen LogP contribution in [0.4, 0.5) is 14.7 Å². The third-order valence-corrected chi connectivity index (χ3v) is 6.36. The van der Waals surface area contributed by atoms with Crippen molar-refractivity contribution in [2.24, 2.45) is 5.92 Å². The van der Waals surface area contributed by atoms with E-state index in [1.165, 1.54) is 0 Å². The van der Waals surface area contributed by atoms with Gasteiger partial charge >= 0.3 is 6.01 Å². The maximum absolute atomic E-state index is 13.3. The molecule has 0 radical (unpaired) electrons. The molecule has 1 saturated heterocycles. The number of hydrogen-bond acceptors (Lipinski definition) is 9. The summed E-state index contributed by atoms with van der Waals surface area (Å²) >= 11 is 0. The first-order chi connectivity index (χ1) is 16.8. The number of amides is 1. The number of anilines is 1. The van der Waals surface area contributed by atoms with E-state index in [9.17, 15) is 18.7 Å².